The van der Waals surface area contributed by atoms with Crippen molar-refractivity contribution < 1.29 is 23.0 Å². The van der Waals surface area contributed by atoms with Crippen molar-refractivity contribution in [3.8, 4) is 11.5 Å². The summed E-state index contributed by atoms with van der Waals surface area (Å²) in [7, 11) is 1.46. The molecule has 6 heteroatoms. The Balaban J connectivity index is 1.91. The number of alkyl halides is 3. The molecule has 0 aliphatic heterocycles. The molecule has 1 aromatic carbocycles. The minimum atomic E-state index is -4.08. The Morgan fingerprint density at radius 1 is 1.20 bits per heavy atom. The van der Waals surface area contributed by atoms with E-state index in [2.05, 4.69) is 5.32 Å². The number of nitrogens with one attached hydrogen (secondary N) is 1. The Hall–Kier alpha value is -1.59. The van der Waals surface area contributed by atoms with Gasteiger partial charge in [0.2, 0.25) is 0 Å². The second-order valence-electron chi connectivity index (χ2n) is 5.12. The third-order valence-electron chi connectivity index (χ3n) is 3.74. The number of phenolic OH excluding ortho intramolecular Hbond substituents is 1. The molecule has 1 fully saturated rings. The Morgan fingerprint density at radius 2 is 1.85 bits per heavy atom. The fraction of sp³-hybridized carbons (Fsp3) is 0.571. The van der Waals surface area contributed by atoms with Gasteiger partial charge in [0, 0.05) is 17.8 Å². The van der Waals surface area contributed by atoms with Crippen LogP contribution in [0.5, 0.6) is 11.5 Å². The molecule has 0 aromatic heterocycles. The summed E-state index contributed by atoms with van der Waals surface area (Å²) in [6.07, 6.45) is -2.80. The van der Waals surface area contributed by atoms with Gasteiger partial charge in [-0.2, -0.15) is 13.2 Å². The topological polar surface area (TPSA) is 41.5 Å². The summed E-state index contributed by atoms with van der Waals surface area (Å²) in [6.45, 7) is 0. The first-order chi connectivity index (χ1) is 9.40. The minimum Gasteiger partial charge on any atom is -0.504 e. The first-order valence-electron chi connectivity index (χ1n) is 6.60. The second-order valence-corrected chi connectivity index (χ2v) is 5.12. The summed E-state index contributed by atoms with van der Waals surface area (Å²) in [5.74, 6) is -0.789. The molecule has 2 rings (SSSR count). The maximum Gasteiger partial charge on any atom is 0.391 e. The smallest absolute Gasteiger partial charge is 0.391 e. The second kappa shape index (κ2) is 5.81. The number of anilines is 1. The van der Waals surface area contributed by atoms with Crippen molar-refractivity contribution in [2.75, 3.05) is 12.4 Å². The summed E-state index contributed by atoms with van der Waals surface area (Å²) >= 11 is 0. The normalized spacial score (nSPS) is 23.4. The molecule has 0 bridgehead atoms. The predicted molar refractivity (Wildman–Crippen MR) is 70.1 cm³/mol. The number of methoxy groups -OCH3 is 1. The Kier molecular flexibility index (Phi) is 4.30. The van der Waals surface area contributed by atoms with E-state index in [4.69, 9.17) is 4.74 Å². The highest BCUT2D eigenvalue weighted by Gasteiger charge is 2.41. The summed E-state index contributed by atoms with van der Waals surface area (Å²) in [6, 6.07) is 4.91. The van der Waals surface area contributed by atoms with Crippen molar-refractivity contribution in [3.63, 3.8) is 0 Å². The Morgan fingerprint density at radius 3 is 2.35 bits per heavy atom. The molecule has 0 unspecified atom stereocenters. The van der Waals surface area contributed by atoms with Gasteiger partial charge in [0.25, 0.3) is 0 Å². The first-order valence-corrected chi connectivity index (χ1v) is 6.60. The van der Waals surface area contributed by atoms with Gasteiger partial charge in [-0.1, -0.05) is 0 Å². The van der Waals surface area contributed by atoms with Crippen LogP contribution >= 0.6 is 0 Å². The van der Waals surface area contributed by atoms with Gasteiger partial charge in [-0.3, -0.25) is 0 Å². The lowest BCUT2D eigenvalue weighted by molar-refractivity contribution is -0.182. The average Bonchev–Trinajstić information content (AvgIpc) is 2.38. The fourth-order valence-electron chi connectivity index (χ4n) is 2.58. The molecule has 0 atom stereocenters. The highest BCUT2D eigenvalue weighted by Crippen LogP contribution is 2.38. The van der Waals surface area contributed by atoms with Crippen LogP contribution in [0.3, 0.4) is 0 Å². The molecule has 2 N–H and O–H groups in total. The predicted octanol–water partition coefficient (Wildman–Crippen LogP) is 3.93. The Labute approximate surface area is 115 Å². The summed E-state index contributed by atoms with van der Waals surface area (Å²) in [4.78, 5) is 0. The molecule has 1 aliphatic carbocycles. The van der Waals surface area contributed by atoms with Crippen LogP contribution in [-0.2, 0) is 0 Å². The standard InChI is InChI=1S/C14H18F3NO2/c1-20-13-7-6-11(8-12(13)19)18-10-4-2-9(3-5-10)14(15,16)17/h6-10,18-19H,2-5H2,1H3. The van der Waals surface area contributed by atoms with E-state index in [1.165, 1.54) is 13.2 Å². The van der Waals surface area contributed by atoms with E-state index in [0.717, 1.165) is 0 Å². The van der Waals surface area contributed by atoms with Crippen molar-refractivity contribution in [2.24, 2.45) is 5.92 Å². The maximum atomic E-state index is 12.6. The lowest BCUT2D eigenvalue weighted by Crippen LogP contribution is -2.32. The highest BCUT2D eigenvalue weighted by atomic mass is 19.4. The van der Waals surface area contributed by atoms with Gasteiger partial charge in [0.15, 0.2) is 11.5 Å². The molecule has 1 aromatic rings. The van der Waals surface area contributed by atoms with E-state index in [9.17, 15) is 18.3 Å². The van der Waals surface area contributed by atoms with Gasteiger partial charge in [0.1, 0.15) is 0 Å². The van der Waals surface area contributed by atoms with E-state index in [-0.39, 0.29) is 24.6 Å². The van der Waals surface area contributed by atoms with Gasteiger partial charge < -0.3 is 15.2 Å². The molecule has 0 amide bonds. The van der Waals surface area contributed by atoms with Crippen molar-refractivity contribution in [2.45, 2.75) is 37.9 Å². The monoisotopic (exact) mass is 289 g/mol. The van der Waals surface area contributed by atoms with Crippen molar-refractivity contribution in [1.82, 2.24) is 0 Å². The molecular weight excluding hydrogens is 271 g/mol. The number of benzene rings is 1. The number of rotatable bonds is 3. The molecule has 1 aliphatic rings. The number of hydrogen-bond donors (Lipinski definition) is 2. The van der Waals surface area contributed by atoms with Crippen LogP contribution in [0, 0.1) is 5.92 Å². The van der Waals surface area contributed by atoms with Crippen LogP contribution in [0.25, 0.3) is 0 Å². The summed E-state index contributed by atoms with van der Waals surface area (Å²) in [5, 5.41) is 12.8. The van der Waals surface area contributed by atoms with E-state index in [1.54, 1.807) is 12.1 Å². The zero-order valence-electron chi connectivity index (χ0n) is 11.2. The van der Waals surface area contributed by atoms with Crippen LogP contribution in [0.4, 0.5) is 18.9 Å². The zero-order valence-corrected chi connectivity index (χ0v) is 11.2. The van der Waals surface area contributed by atoms with E-state index in [0.29, 0.717) is 24.3 Å². The van der Waals surface area contributed by atoms with Crippen LogP contribution in [0.1, 0.15) is 25.7 Å². The number of halogens is 3. The summed E-state index contributed by atoms with van der Waals surface area (Å²) < 4.78 is 42.6. The van der Waals surface area contributed by atoms with Crippen molar-refractivity contribution in [3.05, 3.63) is 18.2 Å². The number of ether oxygens (including phenoxy) is 1. The van der Waals surface area contributed by atoms with Gasteiger partial charge in [-0.05, 0) is 37.8 Å². The van der Waals surface area contributed by atoms with Crippen LogP contribution < -0.4 is 10.1 Å². The van der Waals surface area contributed by atoms with E-state index in [1.807, 2.05) is 0 Å². The molecule has 1 saturated carbocycles. The van der Waals surface area contributed by atoms with Crippen molar-refractivity contribution >= 4 is 5.69 Å². The summed E-state index contributed by atoms with van der Waals surface area (Å²) in [5.41, 5.74) is 0.693. The van der Waals surface area contributed by atoms with Gasteiger partial charge in [0.05, 0.1) is 13.0 Å². The fourth-order valence-corrected chi connectivity index (χ4v) is 2.58. The number of hydrogen-bond acceptors (Lipinski definition) is 3. The van der Waals surface area contributed by atoms with Gasteiger partial charge >= 0.3 is 6.18 Å². The van der Waals surface area contributed by atoms with Crippen LogP contribution in [0.2, 0.25) is 0 Å². The third kappa shape index (κ3) is 3.49. The lowest BCUT2D eigenvalue weighted by atomic mass is 9.85. The number of aromatic hydroxyl groups is 1. The third-order valence-corrected chi connectivity index (χ3v) is 3.74. The molecule has 3 nitrogen and oxygen atoms in total. The van der Waals surface area contributed by atoms with Crippen LogP contribution in [0.15, 0.2) is 18.2 Å². The molecule has 0 radical (unpaired) electrons. The highest BCUT2D eigenvalue weighted by molar-refractivity contribution is 5.54. The molecule has 0 spiro atoms. The molecule has 112 valence electrons. The molecule has 0 saturated heterocycles. The van der Waals surface area contributed by atoms with Crippen molar-refractivity contribution in [1.29, 1.82) is 0 Å². The zero-order chi connectivity index (χ0) is 14.8. The lowest BCUT2D eigenvalue weighted by Gasteiger charge is -2.30. The quantitative estimate of drug-likeness (QED) is 0.885. The number of phenols is 1. The maximum absolute atomic E-state index is 12.6. The SMILES string of the molecule is COc1ccc(NC2CCC(C(F)(F)F)CC2)cc1O. The average molecular weight is 289 g/mol. The minimum absolute atomic E-state index is 0.0152. The van der Waals surface area contributed by atoms with E-state index >= 15 is 0 Å². The first kappa shape index (κ1) is 14.8. The van der Waals surface area contributed by atoms with Crippen LogP contribution in [-0.4, -0.2) is 24.4 Å². The molecular formula is C14H18F3NO2. The molecule has 0 heterocycles. The largest absolute Gasteiger partial charge is 0.504 e. The van der Waals surface area contributed by atoms with Gasteiger partial charge in [-0.25, -0.2) is 0 Å². The van der Waals surface area contributed by atoms with Gasteiger partial charge in [-0.15, -0.1) is 0 Å². The van der Waals surface area contributed by atoms with E-state index < -0.39 is 12.1 Å². The molecule has 20 heavy (non-hydrogen) atoms. The Bertz CT molecular complexity index is 454.